The Labute approximate surface area is 131 Å². The third-order valence-corrected chi connectivity index (χ3v) is 4.11. The number of nitrogens with zero attached hydrogens (tertiary/aromatic N) is 3. The number of anilines is 2. The number of benzene rings is 1. The van der Waals surface area contributed by atoms with E-state index >= 15 is 0 Å². The highest BCUT2D eigenvalue weighted by molar-refractivity contribution is 5.53. The molecule has 116 valence electrons. The summed E-state index contributed by atoms with van der Waals surface area (Å²) in [5.41, 5.74) is 8.26. The van der Waals surface area contributed by atoms with Crippen molar-refractivity contribution in [2.45, 2.75) is 19.3 Å². The minimum absolute atomic E-state index is 0.277. The molecule has 2 heterocycles. The van der Waals surface area contributed by atoms with Gasteiger partial charge in [0.05, 0.1) is 13.2 Å². The number of aromatic nitrogens is 2. The Kier molecular flexibility index (Phi) is 4.53. The first-order chi connectivity index (χ1) is 10.8. The number of hydrogen-bond acceptors (Lipinski definition) is 5. The van der Waals surface area contributed by atoms with Crippen LogP contribution in [-0.2, 0) is 4.74 Å². The summed E-state index contributed by atoms with van der Waals surface area (Å²) >= 11 is 0. The van der Waals surface area contributed by atoms with Crippen molar-refractivity contribution in [2.24, 2.45) is 0 Å². The van der Waals surface area contributed by atoms with Crippen LogP contribution in [-0.4, -0.2) is 36.3 Å². The summed E-state index contributed by atoms with van der Waals surface area (Å²) in [5, 5.41) is 0. The zero-order chi connectivity index (χ0) is 15.4. The first kappa shape index (κ1) is 14.8. The van der Waals surface area contributed by atoms with Crippen molar-refractivity contribution in [1.82, 2.24) is 9.97 Å². The number of ether oxygens (including phenoxy) is 1. The maximum absolute atomic E-state index is 5.83. The van der Waals surface area contributed by atoms with Gasteiger partial charge in [-0.2, -0.15) is 4.98 Å². The highest BCUT2D eigenvalue weighted by Crippen LogP contribution is 2.33. The molecule has 2 aromatic rings. The molecule has 22 heavy (non-hydrogen) atoms. The molecular weight excluding hydrogens is 276 g/mol. The molecule has 1 unspecified atom stereocenters. The minimum Gasteiger partial charge on any atom is -0.378 e. The number of morpholine rings is 1. The van der Waals surface area contributed by atoms with Crippen LogP contribution in [0.2, 0.25) is 0 Å². The Morgan fingerprint density at radius 3 is 2.64 bits per heavy atom. The Hall–Kier alpha value is -2.14. The zero-order valence-electron chi connectivity index (χ0n) is 12.9. The van der Waals surface area contributed by atoms with Crippen molar-refractivity contribution in [3.8, 4) is 0 Å². The number of rotatable bonds is 4. The summed E-state index contributed by atoms with van der Waals surface area (Å²) in [7, 11) is 0. The molecule has 1 aromatic heterocycles. The molecule has 0 radical (unpaired) electrons. The van der Waals surface area contributed by atoms with Crippen LogP contribution < -0.4 is 10.6 Å². The van der Waals surface area contributed by atoms with Crippen LogP contribution in [0, 0.1) is 0 Å². The van der Waals surface area contributed by atoms with Crippen molar-refractivity contribution in [3.05, 3.63) is 47.7 Å². The molecule has 1 aliphatic rings. The molecule has 0 aliphatic carbocycles. The van der Waals surface area contributed by atoms with Gasteiger partial charge in [0.15, 0.2) is 0 Å². The van der Waals surface area contributed by atoms with Crippen LogP contribution in [0.3, 0.4) is 0 Å². The zero-order valence-corrected chi connectivity index (χ0v) is 12.9. The summed E-state index contributed by atoms with van der Waals surface area (Å²) in [5.74, 6) is 1.55. The normalized spacial score (nSPS) is 16.5. The summed E-state index contributed by atoms with van der Waals surface area (Å²) in [4.78, 5) is 11.0. The van der Waals surface area contributed by atoms with Crippen molar-refractivity contribution in [1.29, 1.82) is 0 Å². The van der Waals surface area contributed by atoms with E-state index in [2.05, 4.69) is 46.1 Å². The van der Waals surface area contributed by atoms with Gasteiger partial charge >= 0.3 is 0 Å². The lowest BCUT2D eigenvalue weighted by atomic mass is 9.90. The molecular formula is C17H22N4O. The maximum atomic E-state index is 5.83. The molecule has 1 fully saturated rings. The second-order valence-electron chi connectivity index (χ2n) is 5.48. The monoisotopic (exact) mass is 298 g/mol. The van der Waals surface area contributed by atoms with Gasteiger partial charge in [-0.25, -0.2) is 4.98 Å². The van der Waals surface area contributed by atoms with Crippen molar-refractivity contribution in [3.63, 3.8) is 0 Å². The molecule has 5 heteroatoms. The van der Waals surface area contributed by atoms with Gasteiger partial charge in [0.1, 0.15) is 5.82 Å². The quantitative estimate of drug-likeness (QED) is 0.939. The molecule has 1 aromatic carbocycles. The van der Waals surface area contributed by atoms with E-state index in [-0.39, 0.29) is 5.92 Å². The topological polar surface area (TPSA) is 64.3 Å². The van der Waals surface area contributed by atoms with Crippen molar-refractivity contribution in [2.75, 3.05) is 36.9 Å². The standard InChI is InChI=1S/C17H22N4O/c1-2-14(13-6-4-3-5-7-13)15-12-19-17(18)20-16(15)21-8-10-22-11-9-21/h3-7,12,14H,2,8-11H2,1H3,(H2,18,19,20). The second kappa shape index (κ2) is 6.75. The summed E-state index contributed by atoms with van der Waals surface area (Å²) in [6.45, 7) is 5.33. The third-order valence-electron chi connectivity index (χ3n) is 4.11. The fourth-order valence-electron chi connectivity index (χ4n) is 2.99. The largest absolute Gasteiger partial charge is 0.378 e. The third kappa shape index (κ3) is 3.04. The lowest BCUT2D eigenvalue weighted by molar-refractivity contribution is 0.122. The van der Waals surface area contributed by atoms with E-state index in [1.165, 1.54) is 5.56 Å². The summed E-state index contributed by atoms with van der Waals surface area (Å²) < 4.78 is 5.45. The highest BCUT2D eigenvalue weighted by atomic mass is 16.5. The van der Waals surface area contributed by atoms with Crippen LogP contribution in [0.5, 0.6) is 0 Å². The first-order valence-electron chi connectivity index (χ1n) is 7.79. The Balaban J connectivity index is 2.01. The Morgan fingerprint density at radius 2 is 1.95 bits per heavy atom. The molecule has 1 aliphatic heterocycles. The van der Waals surface area contributed by atoms with E-state index in [1.807, 2.05) is 12.3 Å². The lowest BCUT2D eigenvalue weighted by Crippen LogP contribution is -2.37. The molecule has 3 rings (SSSR count). The Bertz CT molecular complexity index is 611. The smallest absolute Gasteiger partial charge is 0.221 e. The van der Waals surface area contributed by atoms with Crippen LogP contribution in [0.4, 0.5) is 11.8 Å². The van der Waals surface area contributed by atoms with Gasteiger partial charge in [-0.3, -0.25) is 0 Å². The fraction of sp³-hybridized carbons (Fsp3) is 0.412. The maximum Gasteiger partial charge on any atom is 0.221 e. The van der Waals surface area contributed by atoms with Crippen LogP contribution >= 0.6 is 0 Å². The first-order valence-corrected chi connectivity index (χ1v) is 7.79. The van der Waals surface area contributed by atoms with E-state index in [9.17, 15) is 0 Å². The van der Waals surface area contributed by atoms with E-state index in [0.717, 1.165) is 44.1 Å². The second-order valence-corrected chi connectivity index (χ2v) is 5.48. The Morgan fingerprint density at radius 1 is 1.23 bits per heavy atom. The van der Waals surface area contributed by atoms with Gasteiger partial charge in [0.25, 0.3) is 0 Å². The van der Waals surface area contributed by atoms with Gasteiger partial charge in [-0.05, 0) is 12.0 Å². The van der Waals surface area contributed by atoms with E-state index in [0.29, 0.717) is 5.95 Å². The average Bonchev–Trinajstić information content (AvgIpc) is 2.58. The predicted molar refractivity (Wildman–Crippen MR) is 88.1 cm³/mol. The SMILES string of the molecule is CCC(c1ccccc1)c1cnc(N)nc1N1CCOCC1. The van der Waals surface area contributed by atoms with E-state index in [1.54, 1.807) is 0 Å². The highest BCUT2D eigenvalue weighted by Gasteiger charge is 2.23. The number of nitrogens with two attached hydrogens (primary N) is 1. The average molecular weight is 298 g/mol. The van der Waals surface area contributed by atoms with Gasteiger partial charge < -0.3 is 15.4 Å². The van der Waals surface area contributed by atoms with Gasteiger partial charge in [-0.1, -0.05) is 37.3 Å². The van der Waals surface area contributed by atoms with Crippen molar-refractivity contribution < 1.29 is 4.74 Å². The van der Waals surface area contributed by atoms with Gasteiger partial charge in [0.2, 0.25) is 5.95 Å². The van der Waals surface area contributed by atoms with Crippen LogP contribution in [0.25, 0.3) is 0 Å². The van der Waals surface area contributed by atoms with Crippen LogP contribution in [0.15, 0.2) is 36.5 Å². The lowest BCUT2D eigenvalue weighted by Gasteiger charge is -2.31. The van der Waals surface area contributed by atoms with E-state index < -0.39 is 0 Å². The van der Waals surface area contributed by atoms with Gasteiger partial charge in [0, 0.05) is 30.8 Å². The molecule has 0 saturated carbocycles. The molecule has 1 saturated heterocycles. The summed E-state index contributed by atoms with van der Waals surface area (Å²) in [6, 6.07) is 10.5. The van der Waals surface area contributed by atoms with Gasteiger partial charge in [-0.15, -0.1) is 0 Å². The van der Waals surface area contributed by atoms with Crippen LogP contribution in [0.1, 0.15) is 30.4 Å². The molecule has 2 N–H and O–H groups in total. The number of hydrogen-bond donors (Lipinski definition) is 1. The summed E-state index contributed by atoms with van der Waals surface area (Å²) in [6.07, 6.45) is 2.88. The fourth-order valence-corrected chi connectivity index (χ4v) is 2.99. The van der Waals surface area contributed by atoms with E-state index in [4.69, 9.17) is 10.5 Å². The molecule has 0 spiro atoms. The number of nitrogen functional groups attached to an aromatic ring is 1. The van der Waals surface area contributed by atoms with Crippen molar-refractivity contribution >= 4 is 11.8 Å². The molecule has 1 atom stereocenters. The molecule has 0 amide bonds. The molecule has 0 bridgehead atoms. The molecule has 5 nitrogen and oxygen atoms in total. The predicted octanol–water partition coefficient (Wildman–Crippen LogP) is 2.44. The minimum atomic E-state index is 0.277.